The number of urea groups is 1. The van der Waals surface area contributed by atoms with E-state index in [1.165, 1.54) is 4.90 Å². The van der Waals surface area contributed by atoms with Gasteiger partial charge in [-0.15, -0.1) is 0 Å². The molecule has 0 fully saturated rings. The molecule has 7 nitrogen and oxygen atoms in total. The molecule has 1 unspecified atom stereocenters. The summed E-state index contributed by atoms with van der Waals surface area (Å²) in [6.07, 6.45) is 1.12. The molecule has 0 bridgehead atoms. The number of nitrogens with two attached hydrogens (primary N) is 1. The Morgan fingerprint density at radius 2 is 1.78 bits per heavy atom. The average Bonchev–Trinajstić information content (AvgIpc) is 2.28. The van der Waals surface area contributed by atoms with Crippen LogP contribution in [-0.2, 0) is 9.59 Å². The lowest BCUT2D eigenvalue weighted by molar-refractivity contribution is -0.141. The van der Waals surface area contributed by atoms with Crippen molar-refractivity contribution in [1.82, 2.24) is 10.2 Å². The van der Waals surface area contributed by atoms with Gasteiger partial charge < -0.3 is 21.1 Å². The predicted octanol–water partition coefficient (Wildman–Crippen LogP) is 0.145. The van der Waals surface area contributed by atoms with Gasteiger partial charge in [0, 0.05) is 13.1 Å². The molecular formula is C11H21N3O4. The Morgan fingerprint density at radius 1 is 1.28 bits per heavy atom. The quantitative estimate of drug-likeness (QED) is 0.603. The number of carbonyl (C=O) groups excluding carboxylic acids is 2. The van der Waals surface area contributed by atoms with Crippen LogP contribution in [-0.4, -0.2) is 47.0 Å². The van der Waals surface area contributed by atoms with E-state index in [4.69, 9.17) is 10.8 Å². The zero-order valence-corrected chi connectivity index (χ0v) is 11.0. The molecule has 0 heterocycles. The highest BCUT2D eigenvalue weighted by molar-refractivity contribution is 5.87. The van der Waals surface area contributed by atoms with Gasteiger partial charge in [-0.1, -0.05) is 13.8 Å². The zero-order chi connectivity index (χ0) is 14.3. The van der Waals surface area contributed by atoms with Crippen LogP contribution in [0.15, 0.2) is 0 Å². The number of hydrogen-bond donors (Lipinski definition) is 3. The number of amides is 3. The van der Waals surface area contributed by atoms with E-state index >= 15 is 0 Å². The number of primary amides is 1. The second kappa shape index (κ2) is 7.52. The van der Waals surface area contributed by atoms with Crippen molar-refractivity contribution in [1.29, 1.82) is 0 Å². The normalized spacial score (nSPS) is 12.0. The van der Waals surface area contributed by atoms with E-state index in [2.05, 4.69) is 5.32 Å². The first-order chi connectivity index (χ1) is 8.33. The van der Waals surface area contributed by atoms with Crippen molar-refractivity contribution in [2.24, 2.45) is 5.73 Å². The standard InChI is InChI=1S/C11H21N3O4/c1-4-7(5-2)14(3)11(18)13-8(10(16)17)6-9(12)15/h7-8H,4-6H2,1-3H3,(H2,12,15)(H,13,18)(H,16,17). The van der Waals surface area contributed by atoms with Crippen molar-refractivity contribution in [3.05, 3.63) is 0 Å². The van der Waals surface area contributed by atoms with Crippen LogP contribution in [0.4, 0.5) is 4.79 Å². The van der Waals surface area contributed by atoms with Crippen LogP contribution in [0, 0.1) is 0 Å². The molecule has 7 heteroatoms. The summed E-state index contributed by atoms with van der Waals surface area (Å²) in [5, 5.41) is 11.1. The molecule has 0 rings (SSSR count). The first kappa shape index (κ1) is 16.2. The molecule has 0 aromatic carbocycles. The van der Waals surface area contributed by atoms with Gasteiger partial charge in [0.2, 0.25) is 5.91 Å². The summed E-state index contributed by atoms with van der Waals surface area (Å²) in [4.78, 5) is 34.8. The first-order valence-corrected chi connectivity index (χ1v) is 5.87. The topological polar surface area (TPSA) is 113 Å². The predicted molar refractivity (Wildman–Crippen MR) is 65.9 cm³/mol. The number of carboxylic acids is 1. The maximum atomic E-state index is 11.8. The van der Waals surface area contributed by atoms with E-state index in [9.17, 15) is 14.4 Å². The summed E-state index contributed by atoms with van der Waals surface area (Å²) in [5.74, 6) is -2.05. The molecule has 0 radical (unpaired) electrons. The van der Waals surface area contributed by atoms with Crippen LogP contribution in [0.1, 0.15) is 33.1 Å². The highest BCUT2D eigenvalue weighted by Crippen LogP contribution is 2.06. The molecule has 0 spiro atoms. The van der Waals surface area contributed by atoms with Crippen LogP contribution in [0.3, 0.4) is 0 Å². The molecule has 1 atom stereocenters. The van der Waals surface area contributed by atoms with Crippen molar-refractivity contribution < 1.29 is 19.5 Å². The van der Waals surface area contributed by atoms with Crippen molar-refractivity contribution in [2.75, 3.05) is 7.05 Å². The number of aliphatic carboxylic acids is 1. The number of hydrogen-bond acceptors (Lipinski definition) is 3. The molecule has 0 aromatic heterocycles. The Kier molecular flexibility index (Phi) is 6.77. The van der Waals surface area contributed by atoms with Crippen molar-refractivity contribution in [2.45, 2.75) is 45.2 Å². The first-order valence-electron chi connectivity index (χ1n) is 5.87. The van der Waals surface area contributed by atoms with Gasteiger partial charge in [-0.2, -0.15) is 0 Å². The second-order valence-corrected chi connectivity index (χ2v) is 4.09. The van der Waals surface area contributed by atoms with E-state index in [1.807, 2.05) is 13.8 Å². The largest absolute Gasteiger partial charge is 0.480 e. The zero-order valence-electron chi connectivity index (χ0n) is 11.0. The fourth-order valence-electron chi connectivity index (χ4n) is 1.65. The van der Waals surface area contributed by atoms with Gasteiger partial charge in [0.15, 0.2) is 0 Å². The van der Waals surface area contributed by atoms with E-state index < -0.39 is 30.4 Å². The molecule has 0 saturated heterocycles. The fraction of sp³-hybridized carbons (Fsp3) is 0.727. The minimum absolute atomic E-state index is 0.0352. The molecule has 0 aliphatic carbocycles. The summed E-state index contributed by atoms with van der Waals surface area (Å²) in [6.45, 7) is 3.88. The van der Waals surface area contributed by atoms with Crippen LogP contribution < -0.4 is 11.1 Å². The van der Waals surface area contributed by atoms with E-state index in [0.29, 0.717) is 0 Å². The van der Waals surface area contributed by atoms with Gasteiger partial charge in [0.25, 0.3) is 0 Å². The molecule has 104 valence electrons. The minimum atomic E-state index is -1.29. The molecule has 0 aliphatic heterocycles. The van der Waals surface area contributed by atoms with E-state index in [0.717, 1.165) is 12.8 Å². The van der Waals surface area contributed by atoms with Crippen molar-refractivity contribution >= 4 is 17.9 Å². The lowest BCUT2D eigenvalue weighted by Gasteiger charge is -2.27. The lowest BCUT2D eigenvalue weighted by atomic mass is 10.1. The van der Waals surface area contributed by atoms with Gasteiger partial charge >= 0.3 is 12.0 Å². The SMILES string of the molecule is CCC(CC)N(C)C(=O)NC(CC(N)=O)C(=O)O. The van der Waals surface area contributed by atoms with Gasteiger partial charge in [0.05, 0.1) is 6.42 Å². The molecule has 0 saturated carbocycles. The maximum absolute atomic E-state index is 11.8. The molecule has 0 aromatic rings. The number of carboxylic acid groups (broad SMARTS) is 1. The number of carbonyl (C=O) groups is 3. The average molecular weight is 259 g/mol. The number of nitrogens with one attached hydrogen (secondary N) is 1. The van der Waals surface area contributed by atoms with Gasteiger partial charge in [0.1, 0.15) is 6.04 Å². The van der Waals surface area contributed by atoms with E-state index in [1.54, 1.807) is 7.05 Å². The molecule has 3 amide bonds. The minimum Gasteiger partial charge on any atom is -0.480 e. The van der Waals surface area contributed by atoms with Crippen LogP contribution >= 0.6 is 0 Å². The smallest absolute Gasteiger partial charge is 0.326 e. The van der Waals surface area contributed by atoms with Gasteiger partial charge in [-0.05, 0) is 12.8 Å². The number of nitrogens with zero attached hydrogens (tertiary/aromatic N) is 1. The maximum Gasteiger partial charge on any atom is 0.326 e. The molecular weight excluding hydrogens is 238 g/mol. The second-order valence-electron chi connectivity index (χ2n) is 4.09. The monoisotopic (exact) mass is 259 g/mol. The Morgan fingerprint density at radius 3 is 2.11 bits per heavy atom. The highest BCUT2D eigenvalue weighted by Gasteiger charge is 2.25. The molecule has 0 aliphatic rings. The highest BCUT2D eigenvalue weighted by atomic mass is 16.4. The summed E-state index contributed by atoms with van der Waals surface area (Å²) in [5.41, 5.74) is 4.93. The third-order valence-corrected chi connectivity index (χ3v) is 2.81. The summed E-state index contributed by atoms with van der Waals surface area (Å²) >= 11 is 0. The lowest BCUT2D eigenvalue weighted by Crippen LogP contribution is -2.50. The summed E-state index contributed by atoms with van der Waals surface area (Å²) in [6, 6.07) is -1.77. The Hall–Kier alpha value is -1.79. The molecule has 4 N–H and O–H groups in total. The van der Waals surface area contributed by atoms with Crippen molar-refractivity contribution in [3.8, 4) is 0 Å². The summed E-state index contributed by atoms with van der Waals surface area (Å²) in [7, 11) is 1.59. The van der Waals surface area contributed by atoms with Crippen molar-refractivity contribution in [3.63, 3.8) is 0 Å². The Bertz CT molecular complexity index is 315. The Balaban J connectivity index is 4.59. The van der Waals surface area contributed by atoms with Crippen LogP contribution in [0.2, 0.25) is 0 Å². The van der Waals surface area contributed by atoms with Gasteiger partial charge in [-0.3, -0.25) is 4.79 Å². The summed E-state index contributed by atoms with van der Waals surface area (Å²) < 4.78 is 0. The van der Waals surface area contributed by atoms with Crippen LogP contribution in [0.5, 0.6) is 0 Å². The molecule has 18 heavy (non-hydrogen) atoms. The van der Waals surface area contributed by atoms with Gasteiger partial charge in [-0.25, -0.2) is 9.59 Å². The fourth-order valence-corrected chi connectivity index (χ4v) is 1.65. The third kappa shape index (κ3) is 5.03. The third-order valence-electron chi connectivity index (χ3n) is 2.81. The van der Waals surface area contributed by atoms with E-state index in [-0.39, 0.29) is 6.04 Å². The Labute approximate surface area is 106 Å². The number of rotatable bonds is 7. The van der Waals surface area contributed by atoms with Crippen LogP contribution in [0.25, 0.3) is 0 Å².